The van der Waals surface area contributed by atoms with E-state index < -0.39 is 17.9 Å². The summed E-state index contributed by atoms with van der Waals surface area (Å²) in [6.45, 7) is 17.8. The number of rotatable bonds is 24. The first-order valence-electron chi connectivity index (χ1n) is 33.3. The summed E-state index contributed by atoms with van der Waals surface area (Å²) in [5.74, 6) is -0.966. The Balaban J connectivity index is 0.000000182. The Kier molecular flexibility index (Phi) is 23.3. The first-order chi connectivity index (χ1) is 46.5. The van der Waals surface area contributed by atoms with E-state index in [0.717, 1.165) is 152 Å². The van der Waals surface area contributed by atoms with Gasteiger partial charge in [0.25, 0.3) is 0 Å². The zero-order valence-electron chi connectivity index (χ0n) is 55.5. The zero-order chi connectivity index (χ0) is 68.1. The number of hydrogen-bond donors (Lipinski definition) is 8. The summed E-state index contributed by atoms with van der Waals surface area (Å²) < 4.78 is 15.9. The number of ether oxygens (including phenoxy) is 2. The van der Waals surface area contributed by atoms with Crippen molar-refractivity contribution in [1.29, 1.82) is 0 Å². The summed E-state index contributed by atoms with van der Waals surface area (Å²) >= 11 is 3.54. The molecule has 4 aliphatic rings. The third-order valence-electron chi connectivity index (χ3n) is 18.6. The van der Waals surface area contributed by atoms with Crippen molar-refractivity contribution < 1.29 is 48.3 Å². The van der Waals surface area contributed by atoms with Gasteiger partial charge in [-0.2, -0.15) is 10.2 Å². The first-order valence-corrected chi connectivity index (χ1v) is 34.1. The van der Waals surface area contributed by atoms with E-state index in [1.54, 1.807) is 18.2 Å². The summed E-state index contributed by atoms with van der Waals surface area (Å²) in [5, 5.41) is 48.1. The Labute approximate surface area is 568 Å². The van der Waals surface area contributed by atoms with Crippen LogP contribution in [-0.2, 0) is 80.8 Å². The van der Waals surface area contributed by atoms with Crippen LogP contribution >= 0.6 is 15.9 Å². The second kappa shape index (κ2) is 31.9. The van der Waals surface area contributed by atoms with E-state index in [4.69, 9.17) is 29.5 Å². The number of amides is 4. The van der Waals surface area contributed by atoms with Crippen molar-refractivity contribution in [2.45, 2.75) is 157 Å². The van der Waals surface area contributed by atoms with Gasteiger partial charge in [0, 0.05) is 116 Å². The maximum absolute atomic E-state index is 13.6. The van der Waals surface area contributed by atoms with Gasteiger partial charge in [0.2, 0.25) is 23.6 Å². The van der Waals surface area contributed by atoms with E-state index in [1.165, 1.54) is 12.1 Å². The molecule has 22 nitrogen and oxygen atoms in total. The van der Waals surface area contributed by atoms with Crippen LogP contribution in [0.5, 0.6) is 0 Å². The van der Waals surface area contributed by atoms with Crippen LogP contribution in [-0.4, -0.2) is 121 Å². The van der Waals surface area contributed by atoms with E-state index in [1.807, 2.05) is 97.1 Å². The van der Waals surface area contributed by atoms with Crippen LogP contribution in [0.4, 0.5) is 11.4 Å². The first kappa shape index (κ1) is 70.1. The van der Waals surface area contributed by atoms with Crippen LogP contribution in [0.2, 0.25) is 0 Å². The van der Waals surface area contributed by atoms with Crippen LogP contribution in [0.3, 0.4) is 0 Å². The zero-order valence-corrected chi connectivity index (χ0v) is 57.1. The second-order valence-corrected chi connectivity index (χ2v) is 25.9. The molecule has 2 aliphatic heterocycles. The molecule has 0 bridgehead atoms. The standard InChI is InChI=1S/C36H42N6O4.C29H37BrN6O3.C7H7BO3/c1-4-31-29(32(40-27-11-15-46-16-12-27)30-21-39-42(5-2)33(30)41-31)20-38-35(45)36(13-14-36)34(44)37-19-24-10-9-23(3)28(18-24)26-8-6-7-25(17-26)22-43;1-4-24-21(25(34-20-8-12-39-13-9-20)22-17-33-36(5-2)26(22)35-24)16-32-28(38)29(10-11-29)27(37)31-15-19-7-6-18(3)23(30)14-19;9-5-6-2-1-3-7(4-6)8(10)11/h6-10,17-18,21-22,27H,4-5,11-16,19-20H2,1-3H3,(H,37,44)(H,38,45)(H,40,41);6-7,14,17,20H,4-5,8-13,15-16H2,1-3H3,(H,31,37)(H,32,38)(H,34,35);1-5,10-11H. The van der Waals surface area contributed by atoms with Crippen molar-refractivity contribution in [3.05, 3.63) is 158 Å². The fourth-order valence-electron chi connectivity index (χ4n) is 12.4. The van der Waals surface area contributed by atoms with Crippen LogP contribution < -0.4 is 37.4 Å². The molecule has 96 heavy (non-hydrogen) atoms. The molecule has 8 N–H and O–H groups in total. The van der Waals surface area contributed by atoms with Crippen LogP contribution in [0.15, 0.2) is 102 Å². The Morgan fingerprint density at radius 3 is 1.45 bits per heavy atom. The number of pyridine rings is 2. The molecule has 12 rings (SSSR count). The number of aromatic nitrogens is 6. The quantitative estimate of drug-likeness (QED) is 0.0159. The van der Waals surface area contributed by atoms with Crippen molar-refractivity contribution in [1.82, 2.24) is 50.8 Å². The number of aldehydes is 2. The highest BCUT2D eigenvalue weighted by Gasteiger charge is 2.57. The highest BCUT2D eigenvalue weighted by atomic mass is 79.9. The molecule has 24 heteroatoms. The fraction of sp³-hybridized carbons (Fsp3) is 0.417. The average Bonchev–Trinajstić information content (AvgIpc) is 1.52. The summed E-state index contributed by atoms with van der Waals surface area (Å²) in [7, 11) is -1.50. The van der Waals surface area contributed by atoms with Gasteiger partial charge in [-0.25, -0.2) is 19.3 Å². The predicted octanol–water partition coefficient (Wildman–Crippen LogP) is 8.67. The number of aryl methyl sites for hydroxylation is 6. The van der Waals surface area contributed by atoms with Gasteiger partial charge in [-0.15, -0.1) is 0 Å². The highest BCUT2D eigenvalue weighted by Crippen LogP contribution is 2.48. The van der Waals surface area contributed by atoms with E-state index in [0.29, 0.717) is 94.4 Å². The monoisotopic (exact) mass is 1370 g/mol. The summed E-state index contributed by atoms with van der Waals surface area (Å²) in [5.41, 5.74) is 12.7. The van der Waals surface area contributed by atoms with Crippen molar-refractivity contribution >= 4 is 98.2 Å². The molecule has 0 unspecified atom stereocenters. The number of hydrogen-bond acceptors (Lipinski definition) is 16. The molecule has 4 aromatic heterocycles. The highest BCUT2D eigenvalue weighted by molar-refractivity contribution is 9.10. The van der Waals surface area contributed by atoms with Crippen LogP contribution in [0.25, 0.3) is 33.2 Å². The average molecular weight is 1370 g/mol. The topological polar surface area (TPSA) is 295 Å². The lowest BCUT2D eigenvalue weighted by molar-refractivity contribution is -0.138. The van der Waals surface area contributed by atoms with Crippen LogP contribution in [0.1, 0.15) is 145 Å². The van der Waals surface area contributed by atoms with Crippen molar-refractivity contribution in [3.63, 3.8) is 0 Å². The summed E-state index contributed by atoms with van der Waals surface area (Å²) in [6.07, 6.45) is 12.4. The molecular formula is C72H86BBrN12O10. The lowest BCUT2D eigenvalue weighted by Crippen LogP contribution is -2.42. The molecule has 0 atom stereocenters. The summed E-state index contributed by atoms with van der Waals surface area (Å²) in [6, 6.07) is 26.2. The molecular weight excluding hydrogens is 1280 g/mol. The number of carbonyl (C=O) groups is 6. The van der Waals surface area contributed by atoms with E-state index in [2.05, 4.69) is 78.8 Å². The predicted molar refractivity (Wildman–Crippen MR) is 373 cm³/mol. The molecule has 504 valence electrons. The van der Waals surface area contributed by atoms with Gasteiger partial charge < -0.3 is 51.4 Å². The second-order valence-electron chi connectivity index (χ2n) is 25.0. The minimum Gasteiger partial charge on any atom is -0.423 e. The Morgan fingerprint density at radius 1 is 0.583 bits per heavy atom. The van der Waals surface area contributed by atoms with E-state index in [9.17, 15) is 28.8 Å². The molecule has 6 heterocycles. The van der Waals surface area contributed by atoms with E-state index in [-0.39, 0.29) is 42.3 Å². The number of fused-ring (bicyclic) bond motifs is 2. The Morgan fingerprint density at radius 2 is 1.02 bits per heavy atom. The molecule has 0 radical (unpaired) electrons. The van der Waals surface area contributed by atoms with Gasteiger partial charge in [0.1, 0.15) is 23.4 Å². The smallest absolute Gasteiger partial charge is 0.423 e. The van der Waals surface area contributed by atoms with Crippen molar-refractivity contribution in [2.24, 2.45) is 10.8 Å². The maximum atomic E-state index is 13.6. The lowest BCUT2D eigenvalue weighted by Gasteiger charge is -2.27. The molecule has 2 aliphatic carbocycles. The molecule has 4 amide bonds. The van der Waals surface area contributed by atoms with Crippen LogP contribution in [0, 0.1) is 24.7 Å². The number of benzene rings is 4. The molecule has 2 saturated carbocycles. The number of carbonyl (C=O) groups excluding carboxylic acids is 6. The SMILES string of the molecule is CCc1nc2c(cnn2CC)c(NC2CCOCC2)c1CNC(=O)C1(C(=O)NCc2ccc(C)c(-c3cccc(C=O)c3)c2)CC1.CCc1nc2c(cnn2CC)c(NC2CCOCC2)c1CNC(=O)C1(C(=O)NCc2ccc(C)c(Br)c2)CC1.O=Cc1cccc(B(O)O)c1. The van der Waals surface area contributed by atoms with Gasteiger partial charge in [-0.05, 0) is 149 Å². The largest absolute Gasteiger partial charge is 0.488 e. The Bertz CT molecular complexity index is 4140. The number of halogens is 1. The maximum Gasteiger partial charge on any atom is 0.488 e. The van der Waals surface area contributed by atoms with Crippen molar-refractivity contribution in [2.75, 3.05) is 37.1 Å². The number of nitrogens with zero attached hydrogens (tertiary/aromatic N) is 6. The number of anilines is 2. The minimum absolute atomic E-state index is 0.217. The Hall–Kier alpha value is -8.68. The van der Waals surface area contributed by atoms with Gasteiger partial charge in [-0.3, -0.25) is 28.8 Å². The third-order valence-corrected chi connectivity index (χ3v) is 19.4. The minimum atomic E-state index is -1.50. The van der Waals surface area contributed by atoms with Crippen molar-refractivity contribution in [3.8, 4) is 11.1 Å². The molecule has 4 aromatic carbocycles. The van der Waals surface area contributed by atoms with Gasteiger partial charge in [0.05, 0.1) is 34.5 Å². The summed E-state index contributed by atoms with van der Waals surface area (Å²) in [4.78, 5) is 85.1. The van der Waals surface area contributed by atoms with Gasteiger partial charge in [-0.1, -0.05) is 96.5 Å². The lowest BCUT2D eigenvalue weighted by atomic mass is 9.80. The molecule has 0 spiro atoms. The third kappa shape index (κ3) is 16.2. The number of nitrogens with one attached hydrogen (secondary N) is 6. The molecule has 2 saturated heterocycles. The van der Waals surface area contributed by atoms with Gasteiger partial charge in [0.15, 0.2) is 11.3 Å². The normalized spacial score (nSPS) is 15.4. The molecule has 4 fully saturated rings. The van der Waals surface area contributed by atoms with E-state index >= 15 is 0 Å². The van der Waals surface area contributed by atoms with Gasteiger partial charge >= 0.3 is 7.12 Å². The fourth-order valence-corrected chi connectivity index (χ4v) is 12.8. The molecule has 8 aromatic rings.